The van der Waals surface area contributed by atoms with Crippen LogP contribution in [0, 0.1) is 11.3 Å². The summed E-state index contributed by atoms with van der Waals surface area (Å²) in [5, 5.41) is 19.5. The predicted molar refractivity (Wildman–Crippen MR) is 79.7 cm³/mol. The van der Waals surface area contributed by atoms with E-state index in [1.54, 1.807) is 0 Å². The number of phenols is 1. The van der Waals surface area contributed by atoms with Gasteiger partial charge in [0.15, 0.2) is 11.5 Å². The first kappa shape index (κ1) is 17.9. The first-order chi connectivity index (χ1) is 11.4. The Morgan fingerprint density at radius 3 is 2.62 bits per heavy atom. The molecule has 1 aliphatic rings. The molecule has 2 rings (SSSR count). The Hall–Kier alpha value is -2.40. The minimum Gasteiger partial charge on any atom is -0.504 e. The largest absolute Gasteiger partial charge is 0.504 e. The summed E-state index contributed by atoms with van der Waals surface area (Å²) in [4.78, 5) is 13.2. The van der Waals surface area contributed by atoms with E-state index in [1.807, 2.05) is 4.90 Å². The number of hydrogen-bond acceptors (Lipinski definition) is 6. The Morgan fingerprint density at radius 2 is 2.12 bits per heavy atom. The van der Waals surface area contributed by atoms with Gasteiger partial charge >= 0.3 is 12.6 Å². The van der Waals surface area contributed by atoms with Crippen LogP contribution in [0.15, 0.2) is 18.2 Å². The molecule has 0 spiro atoms. The van der Waals surface area contributed by atoms with Crippen LogP contribution in [0.1, 0.15) is 18.4 Å². The second-order valence-corrected chi connectivity index (χ2v) is 5.61. The number of alkyl halides is 2. The van der Waals surface area contributed by atoms with Crippen LogP contribution >= 0.6 is 0 Å². The first-order valence-electron chi connectivity index (χ1n) is 7.39. The number of benzene rings is 1. The highest BCUT2D eigenvalue weighted by atomic mass is 19.3. The first-order valence-corrected chi connectivity index (χ1v) is 7.39. The normalized spacial score (nSPS) is 17.3. The number of ether oxygens (including phenoxy) is 2. The zero-order chi connectivity index (χ0) is 17.7. The highest BCUT2D eigenvalue weighted by Crippen LogP contribution is 2.39. The van der Waals surface area contributed by atoms with Crippen molar-refractivity contribution in [1.29, 1.82) is 5.26 Å². The fraction of sp³-hybridized carbons (Fsp3) is 0.500. The molecule has 1 aromatic rings. The molecular weight excluding hydrogens is 322 g/mol. The summed E-state index contributed by atoms with van der Waals surface area (Å²) in [5.41, 5.74) is -0.296. The van der Waals surface area contributed by atoms with Crippen molar-refractivity contribution in [2.45, 2.75) is 24.9 Å². The van der Waals surface area contributed by atoms with Crippen LogP contribution in [0.3, 0.4) is 0 Å². The van der Waals surface area contributed by atoms with Crippen LogP contribution in [0.2, 0.25) is 0 Å². The molecule has 8 heteroatoms. The molecule has 6 nitrogen and oxygen atoms in total. The fourth-order valence-electron chi connectivity index (χ4n) is 2.82. The lowest BCUT2D eigenvalue weighted by Gasteiger charge is -2.37. The number of nitrogens with zero attached hydrogens (tertiary/aromatic N) is 2. The minimum absolute atomic E-state index is 0.157. The molecule has 0 amide bonds. The van der Waals surface area contributed by atoms with Crippen molar-refractivity contribution in [1.82, 2.24) is 4.90 Å². The Kier molecular flexibility index (Phi) is 5.57. The minimum atomic E-state index is -3.03. The molecule has 1 saturated heterocycles. The van der Waals surface area contributed by atoms with Crippen molar-refractivity contribution in [2.24, 2.45) is 0 Å². The molecular formula is C16H18F2N2O4. The van der Waals surface area contributed by atoms with Gasteiger partial charge in [-0.25, -0.2) is 0 Å². The van der Waals surface area contributed by atoms with E-state index in [9.17, 15) is 23.9 Å². The van der Waals surface area contributed by atoms with Crippen LogP contribution in [0.4, 0.5) is 8.78 Å². The number of hydrogen-bond donors (Lipinski definition) is 1. The quantitative estimate of drug-likeness (QED) is 0.826. The monoisotopic (exact) mass is 340 g/mol. The highest BCUT2D eigenvalue weighted by Gasteiger charge is 2.37. The fourth-order valence-corrected chi connectivity index (χ4v) is 2.82. The Morgan fingerprint density at radius 1 is 1.46 bits per heavy atom. The number of aromatic hydroxyl groups is 1. The number of likely N-dealkylation sites (tertiary alicyclic amines) is 1. The van der Waals surface area contributed by atoms with Crippen LogP contribution < -0.4 is 4.74 Å². The average molecular weight is 340 g/mol. The van der Waals surface area contributed by atoms with Gasteiger partial charge in [0.05, 0.1) is 25.1 Å². The second-order valence-electron chi connectivity index (χ2n) is 5.61. The van der Waals surface area contributed by atoms with E-state index in [0.29, 0.717) is 31.5 Å². The number of piperidine rings is 1. The van der Waals surface area contributed by atoms with E-state index in [1.165, 1.54) is 25.3 Å². The van der Waals surface area contributed by atoms with Crippen LogP contribution in [0.5, 0.6) is 11.5 Å². The van der Waals surface area contributed by atoms with Gasteiger partial charge in [-0.05, 0) is 30.5 Å². The maximum Gasteiger partial charge on any atom is 0.387 e. The number of methoxy groups -OCH3 is 1. The summed E-state index contributed by atoms with van der Waals surface area (Å²) in [7, 11) is 1.32. The van der Waals surface area contributed by atoms with E-state index in [0.717, 1.165) is 0 Å². The smallest absolute Gasteiger partial charge is 0.387 e. The lowest BCUT2D eigenvalue weighted by Crippen LogP contribution is -2.44. The molecule has 0 radical (unpaired) electrons. The molecule has 1 heterocycles. The number of esters is 1. The molecule has 0 aliphatic carbocycles. The number of carbonyl (C=O) groups excluding carboxylic acids is 1. The summed E-state index contributed by atoms with van der Waals surface area (Å²) in [6.45, 7) is -1.85. The van der Waals surface area contributed by atoms with Gasteiger partial charge in [-0.15, -0.1) is 0 Å². The third kappa shape index (κ3) is 3.92. The molecule has 1 N–H and O–H groups in total. The molecule has 1 aromatic carbocycles. The molecule has 130 valence electrons. The van der Waals surface area contributed by atoms with E-state index in [4.69, 9.17) is 0 Å². The molecule has 0 unspecified atom stereocenters. The highest BCUT2D eigenvalue weighted by molar-refractivity contribution is 5.71. The number of carbonyl (C=O) groups is 1. The van der Waals surface area contributed by atoms with Crippen molar-refractivity contribution in [3.05, 3.63) is 23.8 Å². The van der Waals surface area contributed by atoms with Gasteiger partial charge < -0.3 is 14.6 Å². The number of nitriles is 1. The molecule has 1 aliphatic heterocycles. The summed E-state index contributed by atoms with van der Waals surface area (Å²) in [6.07, 6.45) is 0.907. The zero-order valence-electron chi connectivity index (χ0n) is 13.2. The number of phenolic OH excluding ortho intramolecular Hbond substituents is 1. The predicted octanol–water partition coefficient (Wildman–Crippen LogP) is 2.02. The van der Waals surface area contributed by atoms with Crippen LogP contribution in [0.25, 0.3) is 0 Å². The topological polar surface area (TPSA) is 82.8 Å². The van der Waals surface area contributed by atoms with Crippen molar-refractivity contribution in [3.63, 3.8) is 0 Å². The van der Waals surface area contributed by atoms with E-state index >= 15 is 0 Å². The van der Waals surface area contributed by atoms with Gasteiger partial charge in [-0.3, -0.25) is 9.69 Å². The number of halogens is 2. The lowest BCUT2D eigenvalue weighted by molar-refractivity contribution is -0.142. The van der Waals surface area contributed by atoms with E-state index in [-0.39, 0.29) is 18.3 Å². The molecule has 0 atom stereocenters. The van der Waals surface area contributed by atoms with Crippen molar-refractivity contribution < 1.29 is 28.2 Å². The second kappa shape index (κ2) is 7.45. The third-order valence-electron chi connectivity index (χ3n) is 4.23. The molecule has 0 aromatic heterocycles. The third-order valence-corrected chi connectivity index (χ3v) is 4.23. The van der Waals surface area contributed by atoms with Crippen LogP contribution in [-0.2, 0) is 14.9 Å². The standard InChI is InChI=1S/C16H18F2N2O4/c1-23-14(22)9-20-6-4-16(10-19,5-7-20)11-2-3-13(12(21)8-11)24-15(17)18/h2-3,8,15,21H,4-7,9H2,1H3. The van der Waals surface area contributed by atoms with Crippen LogP contribution in [-0.4, -0.2) is 49.3 Å². The Bertz CT molecular complexity index is 637. The SMILES string of the molecule is COC(=O)CN1CCC(C#N)(c2ccc(OC(F)F)c(O)c2)CC1. The van der Waals surface area contributed by atoms with E-state index in [2.05, 4.69) is 15.5 Å². The van der Waals surface area contributed by atoms with Gasteiger partial charge in [0.25, 0.3) is 0 Å². The maximum absolute atomic E-state index is 12.2. The molecule has 0 saturated carbocycles. The summed E-state index contributed by atoms with van der Waals surface area (Å²) >= 11 is 0. The average Bonchev–Trinajstić information content (AvgIpc) is 2.57. The van der Waals surface area contributed by atoms with Crippen molar-refractivity contribution >= 4 is 5.97 Å². The Balaban J connectivity index is 2.13. The molecule has 24 heavy (non-hydrogen) atoms. The molecule has 1 fully saturated rings. The van der Waals surface area contributed by atoms with E-state index < -0.39 is 17.8 Å². The van der Waals surface area contributed by atoms with Gasteiger partial charge in [-0.1, -0.05) is 6.07 Å². The summed E-state index contributed by atoms with van der Waals surface area (Å²) in [6, 6.07) is 6.30. The summed E-state index contributed by atoms with van der Waals surface area (Å²) < 4.78 is 33.3. The van der Waals surface area contributed by atoms with Crippen molar-refractivity contribution in [2.75, 3.05) is 26.7 Å². The lowest BCUT2D eigenvalue weighted by atomic mass is 9.74. The Labute approximate surface area is 138 Å². The van der Waals surface area contributed by atoms with Crippen molar-refractivity contribution in [3.8, 4) is 17.6 Å². The van der Waals surface area contributed by atoms with Gasteiger partial charge in [-0.2, -0.15) is 14.0 Å². The van der Waals surface area contributed by atoms with Gasteiger partial charge in [0.1, 0.15) is 0 Å². The molecule has 0 bridgehead atoms. The maximum atomic E-state index is 12.2. The summed E-state index contributed by atoms with van der Waals surface area (Å²) in [5.74, 6) is -1.10. The van der Waals surface area contributed by atoms with Gasteiger partial charge in [0, 0.05) is 13.1 Å². The number of rotatable bonds is 5. The van der Waals surface area contributed by atoms with Gasteiger partial charge in [0.2, 0.25) is 0 Å². The zero-order valence-corrected chi connectivity index (χ0v) is 13.2.